The number of nitrogens with one attached hydrogen (secondary N) is 1. The SMILES string of the molecule is Cc1ccc(N(C)C(=O)c2nc(N)n[nH]2)cc1. The van der Waals surface area contributed by atoms with Gasteiger partial charge in [0.15, 0.2) is 0 Å². The summed E-state index contributed by atoms with van der Waals surface area (Å²) in [5.74, 6) is -0.0886. The molecule has 2 rings (SSSR count). The Labute approximate surface area is 98.5 Å². The molecule has 1 aromatic carbocycles. The predicted octanol–water partition coefficient (Wildman–Crippen LogP) is 0.972. The molecule has 0 saturated heterocycles. The van der Waals surface area contributed by atoms with Crippen molar-refractivity contribution in [3.63, 3.8) is 0 Å². The smallest absolute Gasteiger partial charge is 0.295 e. The summed E-state index contributed by atoms with van der Waals surface area (Å²) in [5.41, 5.74) is 7.28. The van der Waals surface area contributed by atoms with Crippen molar-refractivity contribution >= 4 is 17.5 Å². The third-order valence-corrected chi connectivity index (χ3v) is 2.43. The number of H-pyrrole nitrogens is 1. The van der Waals surface area contributed by atoms with Gasteiger partial charge in [0, 0.05) is 12.7 Å². The van der Waals surface area contributed by atoms with E-state index in [2.05, 4.69) is 15.2 Å². The molecule has 1 heterocycles. The van der Waals surface area contributed by atoms with Crippen molar-refractivity contribution in [2.75, 3.05) is 17.7 Å². The van der Waals surface area contributed by atoms with E-state index in [1.54, 1.807) is 7.05 Å². The van der Waals surface area contributed by atoms with Crippen molar-refractivity contribution in [3.8, 4) is 0 Å². The van der Waals surface area contributed by atoms with E-state index in [0.29, 0.717) is 0 Å². The number of benzene rings is 1. The van der Waals surface area contributed by atoms with Crippen LogP contribution in [0.1, 0.15) is 16.2 Å². The largest absolute Gasteiger partial charge is 0.366 e. The highest BCUT2D eigenvalue weighted by Crippen LogP contribution is 2.15. The lowest BCUT2D eigenvalue weighted by molar-refractivity contribution is 0.0983. The van der Waals surface area contributed by atoms with Crippen LogP contribution < -0.4 is 10.6 Å². The molecule has 0 unspecified atom stereocenters. The van der Waals surface area contributed by atoms with Gasteiger partial charge in [0.1, 0.15) is 0 Å². The Morgan fingerprint density at radius 1 is 1.35 bits per heavy atom. The minimum atomic E-state index is -0.280. The molecule has 3 N–H and O–H groups in total. The summed E-state index contributed by atoms with van der Waals surface area (Å²) in [4.78, 5) is 17.3. The normalized spacial score (nSPS) is 10.2. The summed E-state index contributed by atoms with van der Waals surface area (Å²) in [6.45, 7) is 1.99. The molecule has 1 amide bonds. The predicted molar refractivity (Wildman–Crippen MR) is 64.7 cm³/mol. The molecule has 6 heteroatoms. The Morgan fingerprint density at radius 2 is 2.00 bits per heavy atom. The molecule has 0 atom stereocenters. The Morgan fingerprint density at radius 3 is 2.53 bits per heavy atom. The lowest BCUT2D eigenvalue weighted by Crippen LogP contribution is -2.27. The minimum Gasteiger partial charge on any atom is -0.366 e. The zero-order valence-corrected chi connectivity index (χ0v) is 9.64. The molecular weight excluding hydrogens is 218 g/mol. The Kier molecular flexibility index (Phi) is 2.78. The number of aryl methyl sites for hydroxylation is 1. The van der Waals surface area contributed by atoms with Crippen LogP contribution in [0.5, 0.6) is 0 Å². The van der Waals surface area contributed by atoms with Crippen LogP contribution in [0, 0.1) is 6.92 Å². The second kappa shape index (κ2) is 4.25. The van der Waals surface area contributed by atoms with Crippen LogP contribution in [-0.4, -0.2) is 28.1 Å². The van der Waals surface area contributed by atoms with Crippen LogP contribution in [0.3, 0.4) is 0 Å². The molecular formula is C11H13N5O. The molecule has 0 aliphatic rings. The van der Waals surface area contributed by atoms with E-state index in [1.807, 2.05) is 31.2 Å². The van der Waals surface area contributed by atoms with Gasteiger partial charge in [0.2, 0.25) is 11.8 Å². The van der Waals surface area contributed by atoms with E-state index in [-0.39, 0.29) is 17.7 Å². The number of carbonyl (C=O) groups excluding carboxylic acids is 1. The van der Waals surface area contributed by atoms with E-state index in [0.717, 1.165) is 11.3 Å². The van der Waals surface area contributed by atoms with E-state index >= 15 is 0 Å². The molecule has 0 aliphatic carbocycles. The molecule has 0 radical (unpaired) electrons. The van der Waals surface area contributed by atoms with Crippen molar-refractivity contribution in [2.45, 2.75) is 6.92 Å². The monoisotopic (exact) mass is 231 g/mol. The number of aromatic amines is 1. The topological polar surface area (TPSA) is 87.9 Å². The van der Waals surface area contributed by atoms with Crippen LogP contribution in [0.25, 0.3) is 0 Å². The van der Waals surface area contributed by atoms with E-state index < -0.39 is 0 Å². The van der Waals surface area contributed by atoms with Gasteiger partial charge in [-0.05, 0) is 19.1 Å². The van der Waals surface area contributed by atoms with Gasteiger partial charge in [-0.25, -0.2) is 0 Å². The third-order valence-electron chi connectivity index (χ3n) is 2.43. The van der Waals surface area contributed by atoms with Crippen LogP contribution in [-0.2, 0) is 0 Å². The molecule has 6 nitrogen and oxygen atoms in total. The van der Waals surface area contributed by atoms with Gasteiger partial charge >= 0.3 is 0 Å². The van der Waals surface area contributed by atoms with E-state index in [4.69, 9.17) is 5.73 Å². The highest BCUT2D eigenvalue weighted by molar-refractivity contribution is 6.03. The zero-order valence-electron chi connectivity index (χ0n) is 9.64. The van der Waals surface area contributed by atoms with Gasteiger partial charge in [0.25, 0.3) is 5.91 Å². The summed E-state index contributed by atoms with van der Waals surface area (Å²) in [7, 11) is 1.67. The van der Waals surface area contributed by atoms with Crippen molar-refractivity contribution in [2.24, 2.45) is 0 Å². The summed E-state index contributed by atoms with van der Waals surface area (Å²) >= 11 is 0. The molecule has 17 heavy (non-hydrogen) atoms. The maximum absolute atomic E-state index is 12.0. The highest BCUT2D eigenvalue weighted by atomic mass is 16.2. The van der Waals surface area contributed by atoms with Crippen molar-refractivity contribution in [3.05, 3.63) is 35.7 Å². The van der Waals surface area contributed by atoms with E-state index in [9.17, 15) is 4.79 Å². The molecule has 1 aromatic heterocycles. The summed E-state index contributed by atoms with van der Waals surface area (Å²) in [6.07, 6.45) is 0. The number of hydrogen-bond acceptors (Lipinski definition) is 4. The lowest BCUT2D eigenvalue weighted by atomic mass is 10.2. The first-order chi connectivity index (χ1) is 8.08. The fraction of sp³-hybridized carbons (Fsp3) is 0.182. The van der Waals surface area contributed by atoms with Crippen LogP contribution in [0.15, 0.2) is 24.3 Å². The lowest BCUT2D eigenvalue weighted by Gasteiger charge is -2.15. The number of nitrogens with two attached hydrogens (primary N) is 1. The average molecular weight is 231 g/mol. The van der Waals surface area contributed by atoms with E-state index in [1.165, 1.54) is 4.90 Å². The first kappa shape index (κ1) is 11.1. The Hall–Kier alpha value is -2.37. The number of nitrogens with zero attached hydrogens (tertiary/aromatic N) is 3. The second-order valence-corrected chi connectivity index (χ2v) is 3.74. The summed E-state index contributed by atoms with van der Waals surface area (Å²) in [6, 6.07) is 7.61. The maximum atomic E-state index is 12.0. The number of amides is 1. The zero-order chi connectivity index (χ0) is 12.4. The van der Waals surface area contributed by atoms with Crippen LogP contribution in [0.4, 0.5) is 11.6 Å². The number of hydrogen-bond donors (Lipinski definition) is 2. The standard InChI is InChI=1S/C11H13N5O/c1-7-3-5-8(6-4-7)16(2)10(17)9-13-11(12)15-14-9/h3-6H,1-2H3,(H3,12,13,14,15). The van der Waals surface area contributed by atoms with Gasteiger partial charge in [-0.1, -0.05) is 17.7 Å². The van der Waals surface area contributed by atoms with Crippen molar-refractivity contribution in [1.29, 1.82) is 0 Å². The molecule has 0 saturated carbocycles. The molecule has 2 aromatic rings. The first-order valence-corrected chi connectivity index (χ1v) is 5.10. The fourth-order valence-electron chi connectivity index (χ4n) is 1.41. The van der Waals surface area contributed by atoms with Gasteiger partial charge in [-0.15, -0.1) is 5.10 Å². The third kappa shape index (κ3) is 2.25. The van der Waals surface area contributed by atoms with Crippen molar-refractivity contribution in [1.82, 2.24) is 15.2 Å². The first-order valence-electron chi connectivity index (χ1n) is 5.10. The fourth-order valence-corrected chi connectivity index (χ4v) is 1.41. The molecule has 0 fully saturated rings. The molecule has 0 bridgehead atoms. The van der Waals surface area contributed by atoms with Crippen molar-refractivity contribution < 1.29 is 4.79 Å². The quantitative estimate of drug-likeness (QED) is 0.806. The number of carbonyl (C=O) groups is 1. The Balaban J connectivity index is 2.23. The number of aromatic nitrogens is 3. The van der Waals surface area contributed by atoms with Gasteiger partial charge < -0.3 is 10.6 Å². The molecule has 0 aliphatic heterocycles. The minimum absolute atomic E-state index is 0.0608. The summed E-state index contributed by atoms with van der Waals surface area (Å²) in [5, 5.41) is 6.11. The van der Waals surface area contributed by atoms with Crippen LogP contribution >= 0.6 is 0 Å². The van der Waals surface area contributed by atoms with Gasteiger partial charge in [-0.3, -0.25) is 9.89 Å². The maximum Gasteiger partial charge on any atom is 0.295 e. The Bertz CT molecular complexity index is 531. The number of rotatable bonds is 2. The molecule has 0 spiro atoms. The molecule has 88 valence electrons. The second-order valence-electron chi connectivity index (χ2n) is 3.74. The summed E-state index contributed by atoms with van der Waals surface area (Å²) < 4.78 is 0. The highest BCUT2D eigenvalue weighted by Gasteiger charge is 2.16. The average Bonchev–Trinajstić information content (AvgIpc) is 2.75. The van der Waals surface area contributed by atoms with Gasteiger partial charge in [0.05, 0.1) is 0 Å². The number of nitrogen functional groups attached to an aromatic ring is 1. The van der Waals surface area contributed by atoms with Crippen LogP contribution in [0.2, 0.25) is 0 Å². The van der Waals surface area contributed by atoms with Gasteiger partial charge in [-0.2, -0.15) is 4.98 Å². The number of anilines is 2.